The number of aliphatic hydroxyl groups excluding tert-OH is 1. The van der Waals surface area contributed by atoms with Crippen molar-refractivity contribution >= 4 is 0 Å². The lowest BCUT2D eigenvalue weighted by Gasteiger charge is -2.31. The van der Waals surface area contributed by atoms with Crippen LogP contribution >= 0.6 is 0 Å². The largest absolute Gasteiger partial charge is 0.486 e. The van der Waals surface area contributed by atoms with Gasteiger partial charge in [0, 0.05) is 5.54 Å². The van der Waals surface area contributed by atoms with Crippen LogP contribution in [0.3, 0.4) is 0 Å². The Kier molecular flexibility index (Phi) is 2.92. The average Bonchev–Trinajstić information content (AvgIpc) is 2.85. The number of hydrogen-bond acceptors (Lipinski definition) is 4. The van der Waals surface area contributed by atoms with Crippen molar-refractivity contribution in [2.24, 2.45) is 5.73 Å². The molecule has 1 atom stereocenters. The van der Waals surface area contributed by atoms with Crippen molar-refractivity contribution < 1.29 is 14.6 Å². The summed E-state index contributed by atoms with van der Waals surface area (Å²) < 4.78 is 11.0. The summed E-state index contributed by atoms with van der Waals surface area (Å²) in [6.07, 6.45) is 3.32. The zero-order chi connectivity index (χ0) is 12.6. The van der Waals surface area contributed by atoms with Crippen LogP contribution in [0.15, 0.2) is 18.2 Å². The Morgan fingerprint density at radius 3 is 2.50 bits per heavy atom. The minimum atomic E-state index is -0.629. The topological polar surface area (TPSA) is 64.7 Å². The van der Waals surface area contributed by atoms with Gasteiger partial charge in [0.25, 0.3) is 0 Å². The van der Waals surface area contributed by atoms with Gasteiger partial charge in [-0.1, -0.05) is 18.9 Å². The van der Waals surface area contributed by atoms with Gasteiger partial charge >= 0.3 is 0 Å². The van der Waals surface area contributed by atoms with Gasteiger partial charge in [0.2, 0.25) is 0 Å². The number of nitrogens with two attached hydrogens (primary N) is 1. The van der Waals surface area contributed by atoms with E-state index in [2.05, 4.69) is 0 Å². The number of aliphatic hydroxyl groups is 1. The molecule has 0 aromatic heterocycles. The molecule has 0 spiro atoms. The number of fused-ring (bicyclic) bond motifs is 1. The van der Waals surface area contributed by atoms with Crippen LogP contribution in [0, 0.1) is 0 Å². The van der Waals surface area contributed by atoms with Crippen LogP contribution < -0.4 is 15.2 Å². The van der Waals surface area contributed by atoms with Crippen LogP contribution in [0.1, 0.15) is 37.4 Å². The lowest BCUT2D eigenvalue weighted by atomic mass is 9.87. The molecule has 4 nitrogen and oxygen atoms in total. The summed E-state index contributed by atoms with van der Waals surface area (Å²) in [7, 11) is 0. The zero-order valence-corrected chi connectivity index (χ0v) is 10.4. The minimum Gasteiger partial charge on any atom is -0.486 e. The summed E-state index contributed by atoms with van der Waals surface area (Å²) in [5.74, 6) is 1.45. The quantitative estimate of drug-likeness (QED) is 0.838. The van der Waals surface area contributed by atoms with Gasteiger partial charge < -0.3 is 20.3 Å². The van der Waals surface area contributed by atoms with Crippen molar-refractivity contribution in [3.05, 3.63) is 23.8 Å². The van der Waals surface area contributed by atoms with Crippen LogP contribution in [0.2, 0.25) is 0 Å². The second kappa shape index (κ2) is 4.44. The summed E-state index contributed by atoms with van der Waals surface area (Å²) in [5, 5.41) is 10.5. The van der Waals surface area contributed by atoms with Crippen molar-refractivity contribution in [3.8, 4) is 11.5 Å². The molecular formula is C14H19NO3. The highest BCUT2D eigenvalue weighted by molar-refractivity contribution is 5.45. The molecule has 1 aromatic carbocycles. The second-order valence-corrected chi connectivity index (χ2v) is 5.25. The molecule has 2 aliphatic rings. The van der Waals surface area contributed by atoms with Crippen molar-refractivity contribution in [1.29, 1.82) is 0 Å². The molecule has 1 aliphatic carbocycles. The standard InChI is InChI=1S/C14H19NO3/c15-14(5-1-2-6-14)13(16)10-3-4-11-12(9-10)18-8-7-17-11/h3-4,9,13,16H,1-2,5-8,15H2. The molecule has 1 heterocycles. The monoisotopic (exact) mass is 249 g/mol. The Labute approximate surface area is 107 Å². The fourth-order valence-electron chi connectivity index (χ4n) is 2.87. The van der Waals surface area contributed by atoms with E-state index in [-0.39, 0.29) is 0 Å². The third kappa shape index (κ3) is 1.95. The average molecular weight is 249 g/mol. The molecule has 4 heteroatoms. The Balaban J connectivity index is 1.87. The van der Waals surface area contributed by atoms with E-state index in [4.69, 9.17) is 15.2 Å². The molecule has 0 bridgehead atoms. The first-order chi connectivity index (χ1) is 8.69. The normalized spacial score (nSPS) is 22.8. The second-order valence-electron chi connectivity index (χ2n) is 5.25. The molecule has 0 saturated heterocycles. The smallest absolute Gasteiger partial charge is 0.161 e. The Bertz CT molecular complexity index is 441. The van der Waals surface area contributed by atoms with E-state index in [1.165, 1.54) is 0 Å². The highest BCUT2D eigenvalue weighted by Crippen LogP contribution is 2.40. The van der Waals surface area contributed by atoms with Gasteiger partial charge in [-0.3, -0.25) is 0 Å². The summed E-state index contributed by atoms with van der Waals surface area (Å²) in [6, 6.07) is 5.59. The third-order valence-corrected chi connectivity index (χ3v) is 3.96. The highest BCUT2D eigenvalue weighted by Gasteiger charge is 2.37. The van der Waals surface area contributed by atoms with Gasteiger partial charge in [-0.25, -0.2) is 0 Å². The molecule has 98 valence electrons. The Morgan fingerprint density at radius 1 is 1.11 bits per heavy atom. The maximum Gasteiger partial charge on any atom is 0.161 e. The first-order valence-electron chi connectivity index (χ1n) is 6.55. The van der Waals surface area contributed by atoms with E-state index < -0.39 is 11.6 Å². The zero-order valence-electron chi connectivity index (χ0n) is 10.4. The summed E-state index contributed by atoms with van der Waals surface area (Å²) >= 11 is 0. The van der Waals surface area contributed by atoms with E-state index in [9.17, 15) is 5.11 Å². The molecule has 1 aliphatic heterocycles. The van der Waals surface area contributed by atoms with Gasteiger partial charge in [-0.05, 0) is 30.5 Å². The molecule has 1 saturated carbocycles. The van der Waals surface area contributed by atoms with E-state index in [1.807, 2.05) is 18.2 Å². The predicted octanol–water partition coefficient (Wildman–Crippen LogP) is 1.76. The summed E-state index contributed by atoms with van der Waals surface area (Å²) in [6.45, 7) is 1.13. The number of ether oxygens (including phenoxy) is 2. The van der Waals surface area contributed by atoms with Gasteiger partial charge in [0.15, 0.2) is 11.5 Å². The van der Waals surface area contributed by atoms with Crippen LogP contribution in [0.25, 0.3) is 0 Å². The third-order valence-electron chi connectivity index (χ3n) is 3.96. The van der Waals surface area contributed by atoms with Gasteiger partial charge in [0.1, 0.15) is 13.2 Å². The summed E-state index contributed by atoms with van der Waals surface area (Å²) in [4.78, 5) is 0. The molecule has 3 rings (SSSR count). The number of hydrogen-bond donors (Lipinski definition) is 2. The van der Waals surface area contributed by atoms with Gasteiger partial charge in [0.05, 0.1) is 6.10 Å². The highest BCUT2D eigenvalue weighted by atomic mass is 16.6. The molecule has 3 N–H and O–H groups in total. The van der Waals surface area contributed by atoms with Gasteiger partial charge in [-0.15, -0.1) is 0 Å². The van der Waals surface area contributed by atoms with Crippen LogP contribution in [0.4, 0.5) is 0 Å². The van der Waals surface area contributed by atoms with Crippen molar-refractivity contribution in [2.75, 3.05) is 13.2 Å². The summed E-state index contributed by atoms with van der Waals surface area (Å²) in [5.41, 5.74) is 6.63. The predicted molar refractivity (Wildman–Crippen MR) is 67.8 cm³/mol. The first-order valence-corrected chi connectivity index (χ1v) is 6.55. The van der Waals surface area contributed by atoms with Crippen LogP contribution in [-0.2, 0) is 0 Å². The SMILES string of the molecule is NC1(C(O)c2ccc3c(c2)OCCO3)CCCC1. The van der Waals surface area contributed by atoms with E-state index in [0.717, 1.165) is 37.0 Å². The molecule has 1 aromatic rings. The van der Waals surface area contributed by atoms with E-state index in [1.54, 1.807) is 0 Å². The van der Waals surface area contributed by atoms with Gasteiger partial charge in [-0.2, -0.15) is 0 Å². The molecule has 1 unspecified atom stereocenters. The molecular weight excluding hydrogens is 230 g/mol. The molecule has 0 amide bonds. The lowest BCUT2D eigenvalue weighted by molar-refractivity contribution is 0.0863. The molecule has 1 fully saturated rings. The number of rotatable bonds is 2. The first kappa shape index (κ1) is 11.8. The maximum absolute atomic E-state index is 10.5. The Morgan fingerprint density at radius 2 is 1.78 bits per heavy atom. The van der Waals surface area contributed by atoms with E-state index in [0.29, 0.717) is 19.0 Å². The fourth-order valence-corrected chi connectivity index (χ4v) is 2.87. The minimum absolute atomic E-state index is 0.482. The lowest BCUT2D eigenvalue weighted by Crippen LogP contribution is -2.43. The maximum atomic E-state index is 10.5. The van der Waals surface area contributed by atoms with Crippen LogP contribution in [-0.4, -0.2) is 23.9 Å². The fraction of sp³-hybridized carbons (Fsp3) is 0.571. The number of benzene rings is 1. The van der Waals surface area contributed by atoms with Crippen molar-refractivity contribution in [2.45, 2.75) is 37.3 Å². The van der Waals surface area contributed by atoms with Crippen molar-refractivity contribution in [1.82, 2.24) is 0 Å². The molecule has 18 heavy (non-hydrogen) atoms. The molecule has 0 radical (unpaired) electrons. The Hall–Kier alpha value is -1.26. The van der Waals surface area contributed by atoms with Crippen molar-refractivity contribution in [3.63, 3.8) is 0 Å². The van der Waals surface area contributed by atoms with Crippen LogP contribution in [0.5, 0.6) is 11.5 Å². The van der Waals surface area contributed by atoms with E-state index >= 15 is 0 Å².